The number of likely N-dealkylation sites (tertiary alicyclic amines) is 1. The second kappa shape index (κ2) is 9.34. The summed E-state index contributed by atoms with van der Waals surface area (Å²) in [6.07, 6.45) is 5.64. The molecule has 0 bridgehead atoms. The number of aromatic nitrogens is 4. The molecule has 1 aliphatic rings. The van der Waals surface area contributed by atoms with Crippen LogP contribution in [-0.2, 0) is 4.79 Å². The molecule has 0 unspecified atom stereocenters. The summed E-state index contributed by atoms with van der Waals surface area (Å²) >= 11 is 0. The zero-order valence-corrected chi connectivity index (χ0v) is 21.2. The lowest BCUT2D eigenvalue weighted by Crippen LogP contribution is -2.43. The van der Waals surface area contributed by atoms with Gasteiger partial charge in [0.2, 0.25) is 5.91 Å². The molecule has 5 rings (SSSR count). The largest absolute Gasteiger partial charge is 0.490 e. The van der Waals surface area contributed by atoms with E-state index in [2.05, 4.69) is 65.0 Å². The molecule has 1 N–H and O–H groups in total. The maximum Gasteiger partial charge on any atom is 0.236 e. The van der Waals surface area contributed by atoms with E-state index in [0.717, 1.165) is 59.7 Å². The smallest absolute Gasteiger partial charge is 0.236 e. The van der Waals surface area contributed by atoms with Crippen molar-refractivity contribution in [3.63, 3.8) is 0 Å². The van der Waals surface area contributed by atoms with Gasteiger partial charge in [-0.05, 0) is 61.1 Å². The topological polar surface area (TPSA) is 78.8 Å². The lowest BCUT2D eigenvalue weighted by molar-refractivity contribution is -0.130. The highest BCUT2D eigenvalue weighted by molar-refractivity contribution is 5.92. The summed E-state index contributed by atoms with van der Waals surface area (Å²) in [5, 5.41) is 5.54. The van der Waals surface area contributed by atoms with Gasteiger partial charge in [-0.2, -0.15) is 5.10 Å². The van der Waals surface area contributed by atoms with E-state index in [4.69, 9.17) is 4.74 Å². The third-order valence-corrected chi connectivity index (χ3v) is 6.93. The first-order valence-electron chi connectivity index (χ1n) is 12.3. The molecule has 4 heterocycles. The summed E-state index contributed by atoms with van der Waals surface area (Å²) in [6, 6.07) is 8.52. The second-order valence-electron chi connectivity index (χ2n) is 10.1. The summed E-state index contributed by atoms with van der Waals surface area (Å²) in [5.41, 5.74) is 6.57. The van der Waals surface area contributed by atoms with Crippen LogP contribution in [0.25, 0.3) is 27.8 Å². The van der Waals surface area contributed by atoms with Crippen LogP contribution in [0.1, 0.15) is 43.7 Å². The highest BCUT2D eigenvalue weighted by Gasteiger charge is 2.23. The van der Waals surface area contributed by atoms with Crippen LogP contribution >= 0.6 is 0 Å². The molecule has 0 aliphatic carbocycles. The number of aromatic amines is 1. The SMILES string of the molecule is Cc1cc(-c2[nH]c3ccc(OC4CCN(CC(=O)N(C)C)CC4)cc3c2C(C)C)cn2ncnc12. The molecule has 0 radical (unpaired) electrons. The van der Waals surface area contributed by atoms with Crippen molar-refractivity contribution in [2.45, 2.75) is 45.6 Å². The van der Waals surface area contributed by atoms with Crippen LogP contribution in [0, 0.1) is 6.92 Å². The summed E-state index contributed by atoms with van der Waals surface area (Å²) in [5.74, 6) is 1.38. The van der Waals surface area contributed by atoms with Crippen molar-refractivity contribution in [3.8, 4) is 17.0 Å². The van der Waals surface area contributed by atoms with Gasteiger partial charge in [-0.1, -0.05) is 13.8 Å². The lowest BCUT2D eigenvalue weighted by atomic mass is 9.96. The first-order valence-corrected chi connectivity index (χ1v) is 12.3. The van der Waals surface area contributed by atoms with Crippen LogP contribution in [0.3, 0.4) is 0 Å². The average molecular weight is 475 g/mol. The first-order chi connectivity index (χ1) is 16.8. The Morgan fingerprint density at radius 1 is 1.23 bits per heavy atom. The van der Waals surface area contributed by atoms with E-state index in [1.54, 1.807) is 25.3 Å². The molecule has 1 aromatic carbocycles. The van der Waals surface area contributed by atoms with Crippen LogP contribution < -0.4 is 4.74 Å². The van der Waals surface area contributed by atoms with Crippen LogP contribution in [0.4, 0.5) is 0 Å². The standard InChI is InChI=1S/C27H34N6O2/c1-17(2)25-22-13-21(35-20-8-10-32(11-9-20)15-24(34)31(4)5)6-7-23(22)30-26(25)19-12-18(3)27-28-16-29-33(27)14-19/h6-7,12-14,16-17,20,30H,8-11,15H2,1-5H3. The molecule has 3 aromatic heterocycles. The minimum absolute atomic E-state index is 0.150. The molecule has 8 nitrogen and oxygen atoms in total. The maximum absolute atomic E-state index is 12.0. The van der Waals surface area contributed by atoms with Crippen LogP contribution in [-0.4, -0.2) is 75.1 Å². The van der Waals surface area contributed by atoms with E-state index in [1.165, 1.54) is 10.9 Å². The molecule has 4 aromatic rings. The molecule has 1 fully saturated rings. The third kappa shape index (κ3) is 4.62. The summed E-state index contributed by atoms with van der Waals surface area (Å²) in [7, 11) is 3.61. The third-order valence-electron chi connectivity index (χ3n) is 6.93. The number of carbonyl (C=O) groups excluding carboxylic acids is 1. The fraction of sp³-hybridized carbons (Fsp3) is 0.444. The van der Waals surface area contributed by atoms with Gasteiger partial charge < -0.3 is 14.6 Å². The van der Waals surface area contributed by atoms with Crippen LogP contribution in [0.2, 0.25) is 0 Å². The van der Waals surface area contributed by atoms with Crippen LogP contribution in [0.15, 0.2) is 36.8 Å². The van der Waals surface area contributed by atoms with E-state index in [0.29, 0.717) is 12.5 Å². The van der Waals surface area contributed by atoms with E-state index >= 15 is 0 Å². The number of pyridine rings is 1. The highest BCUT2D eigenvalue weighted by Crippen LogP contribution is 2.38. The van der Waals surface area contributed by atoms with Crippen molar-refractivity contribution >= 4 is 22.5 Å². The molecular weight excluding hydrogens is 440 g/mol. The Morgan fingerprint density at radius 2 is 2.00 bits per heavy atom. The van der Waals surface area contributed by atoms with Crippen molar-refractivity contribution in [1.29, 1.82) is 0 Å². The number of amides is 1. The number of carbonyl (C=O) groups is 1. The van der Waals surface area contributed by atoms with Gasteiger partial charge in [0.25, 0.3) is 0 Å². The zero-order valence-electron chi connectivity index (χ0n) is 21.2. The number of H-pyrrole nitrogens is 1. The fourth-order valence-electron chi connectivity index (χ4n) is 5.03. The van der Waals surface area contributed by atoms with Crippen molar-refractivity contribution in [2.24, 2.45) is 0 Å². The van der Waals surface area contributed by atoms with E-state index in [1.807, 2.05) is 10.7 Å². The van der Waals surface area contributed by atoms with Crippen molar-refractivity contribution in [1.82, 2.24) is 29.4 Å². The number of fused-ring (bicyclic) bond motifs is 2. The second-order valence-corrected chi connectivity index (χ2v) is 10.1. The average Bonchev–Trinajstić information content (AvgIpc) is 3.45. The number of benzene rings is 1. The molecule has 8 heteroatoms. The summed E-state index contributed by atoms with van der Waals surface area (Å²) in [6.45, 7) is 8.76. The number of hydrogen-bond acceptors (Lipinski definition) is 5. The molecular formula is C27H34N6O2. The van der Waals surface area contributed by atoms with Gasteiger partial charge in [0, 0.05) is 49.8 Å². The minimum atomic E-state index is 0.150. The van der Waals surface area contributed by atoms with Gasteiger partial charge in [0.15, 0.2) is 5.65 Å². The molecule has 1 amide bonds. The monoisotopic (exact) mass is 474 g/mol. The van der Waals surface area contributed by atoms with Gasteiger partial charge in [-0.15, -0.1) is 0 Å². The number of aryl methyl sites for hydroxylation is 1. The van der Waals surface area contributed by atoms with Gasteiger partial charge in [-0.3, -0.25) is 9.69 Å². The number of nitrogens with one attached hydrogen (secondary N) is 1. The first kappa shape index (κ1) is 23.4. The molecule has 184 valence electrons. The van der Waals surface area contributed by atoms with Gasteiger partial charge in [0.1, 0.15) is 18.2 Å². The Morgan fingerprint density at radius 3 is 2.71 bits per heavy atom. The van der Waals surface area contributed by atoms with Crippen LogP contribution in [0.5, 0.6) is 5.75 Å². The Labute approximate surface area is 205 Å². The van der Waals surface area contributed by atoms with E-state index in [9.17, 15) is 4.79 Å². The molecule has 0 atom stereocenters. The molecule has 0 saturated carbocycles. The van der Waals surface area contributed by atoms with E-state index < -0.39 is 0 Å². The molecule has 1 aliphatic heterocycles. The molecule has 0 spiro atoms. The maximum atomic E-state index is 12.0. The number of ether oxygens (including phenoxy) is 1. The summed E-state index contributed by atoms with van der Waals surface area (Å²) in [4.78, 5) is 23.9. The Balaban J connectivity index is 1.38. The van der Waals surface area contributed by atoms with Gasteiger partial charge in [-0.25, -0.2) is 9.50 Å². The van der Waals surface area contributed by atoms with E-state index in [-0.39, 0.29) is 12.0 Å². The number of likely N-dealkylation sites (N-methyl/N-ethyl adjacent to an activating group) is 1. The normalized spacial score (nSPS) is 15.4. The number of piperidine rings is 1. The lowest BCUT2D eigenvalue weighted by Gasteiger charge is -2.32. The minimum Gasteiger partial charge on any atom is -0.490 e. The number of nitrogens with zero attached hydrogens (tertiary/aromatic N) is 5. The molecule has 35 heavy (non-hydrogen) atoms. The predicted octanol–water partition coefficient (Wildman–Crippen LogP) is 4.24. The number of hydrogen-bond donors (Lipinski definition) is 1. The van der Waals surface area contributed by atoms with Gasteiger partial charge in [0.05, 0.1) is 12.2 Å². The highest BCUT2D eigenvalue weighted by atomic mass is 16.5. The zero-order chi connectivity index (χ0) is 24.7. The van der Waals surface area contributed by atoms with Crippen molar-refractivity contribution in [2.75, 3.05) is 33.7 Å². The Kier molecular flexibility index (Phi) is 6.23. The molecule has 1 saturated heterocycles. The Hall–Kier alpha value is -3.39. The quantitative estimate of drug-likeness (QED) is 0.452. The predicted molar refractivity (Wildman–Crippen MR) is 138 cm³/mol. The number of rotatable bonds is 6. The van der Waals surface area contributed by atoms with Crippen molar-refractivity contribution in [3.05, 3.63) is 47.9 Å². The van der Waals surface area contributed by atoms with Crippen molar-refractivity contribution < 1.29 is 9.53 Å². The van der Waals surface area contributed by atoms with Gasteiger partial charge >= 0.3 is 0 Å². The Bertz CT molecular complexity index is 1360. The fourth-order valence-corrected chi connectivity index (χ4v) is 5.03. The summed E-state index contributed by atoms with van der Waals surface area (Å²) < 4.78 is 8.26.